The lowest BCUT2D eigenvalue weighted by Crippen LogP contribution is -2.46. The topological polar surface area (TPSA) is 44.8 Å². The van der Waals surface area contributed by atoms with Gasteiger partial charge in [-0.3, -0.25) is 9.69 Å². The number of ether oxygens (including phenoxy) is 1. The Morgan fingerprint density at radius 1 is 1.29 bits per heavy atom. The zero-order valence-corrected chi connectivity index (χ0v) is 13.7. The minimum absolute atomic E-state index is 0.175. The van der Waals surface area contributed by atoms with Crippen molar-refractivity contribution < 1.29 is 9.53 Å². The SMILES string of the molecule is COC(=O)Cc1ccc(CNCCN2CCN(C)CC2)s1. The van der Waals surface area contributed by atoms with Gasteiger partial charge in [0.1, 0.15) is 0 Å². The van der Waals surface area contributed by atoms with Gasteiger partial charge in [0.15, 0.2) is 0 Å². The first-order valence-corrected chi connectivity index (χ1v) is 8.25. The van der Waals surface area contributed by atoms with Gasteiger partial charge in [-0.15, -0.1) is 11.3 Å². The number of likely N-dealkylation sites (N-methyl/N-ethyl adjacent to an activating group) is 1. The molecule has 2 rings (SSSR count). The van der Waals surface area contributed by atoms with E-state index in [0.717, 1.165) is 24.5 Å². The van der Waals surface area contributed by atoms with Gasteiger partial charge in [-0.05, 0) is 19.2 Å². The van der Waals surface area contributed by atoms with Gasteiger partial charge >= 0.3 is 5.97 Å². The van der Waals surface area contributed by atoms with Crippen molar-refractivity contribution in [2.45, 2.75) is 13.0 Å². The van der Waals surface area contributed by atoms with Crippen molar-refractivity contribution in [3.8, 4) is 0 Å². The molecule has 118 valence electrons. The van der Waals surface area contributed by atoms with Crippen LogP contribution in [0.3, 0.4) is 0 Å². The maximum absolute atomic E-state index is 11.2. The zero-order chi connectivity index (χ0) is 15.1. The summed E-state index contributed by atoms with van der Waals surface area (Å²) in [6.07, 6.45) is 0.377. The Balaban J connectivity index is 1.61. The monoisotopic (exact) mass is 311 g/mol. The van der Waals surface area contributed by atoms with Crippen molar-refractivity contribution in [1.82, 2.24) is 15.1 Å². The molecule has 0 amide bonds. The molecular formula is C15H25N3O2S. The number of esters is 1. The highest BCUT2D eigenvalue weighted by Crippen LogP contribution is 2.17. The standard InChI is InChI=1S/C15H25N3O2S/c1-17-7-9-18(10-8-17)6-5-16-12-14-4-3-13(21-14)11-15(19)20-2/h3-4,16H,5-12H2,1-2H3. The van der Waals surface area contributed by atoms with E-state index in [-0.39, 0.29) is 5.97 Å². The Hall–Kier alpha value is -0.950. The summed E-state index contributed by atoms with van der Waals surface area (Å²) >= 11 is 1.68. The molecule has 21 heavy (non-hydrogen) atoms. The zero-order valence-electron chi connectivity index (χ0n) is 12.9. The van der Waals surface area contributed by atoms with E-state index in [1.165, 1.54) is 38.2 Å². The lowest BCUT2D eigenvalue weighted by molar-refractivity contribution is -0.139. The van der Waals surface area contributed by atoms with E-state index in [1.54, 1.807) is 11.3 Å². The van der Waals surface area contributed by atoms with Crippen LogP contribution in [0.2, 0.25) is 0 Å². The fraction of sp³-hybridized carbons (Fsp3) is 0.667. The average molecular weight is 311 g/mol. The molecule has 6 heteroatoms. The second kappa shape index (κ2) is 8.48. The highest BCUT2D eigenvalue weighted by molar-refractivity contribution is 7.12. The summed E-state index contributed by atoms with van der Waals surface area (Å²) in [5, 5.41) is 3.48. The van der Waals surface area contributed by atoms with Crippen LogP contribution in [0.25, 0.3) is 0 Å². The van der Waals surface area contributed by atoms with Crippen LogP contribution in [0.15, 0.2) is 12.1 Å². The normalized spacial score (nSPS) is 17.0. The predicted octanol–water partition coefficient (Wildman–Crippen LogP) is 0.801. The third kappa shape index (κ3) is 5.74. The summed E-state index contributed by atoms with van der Waals surface area (Å²) in [5.74, 6) is -0.175. The van der Waals surface area contributed by atoms with Crippen molar-refractivity contribution in [1.29, 1.82) is 0 Å². The van der Waals surface area contributed by atoms with Gasteiger partial charge in [-0.1, -0.05) is 0 Å². The van der Waals surface area contributed by atoms with Crippen LogP contribution in [0.1, 0.15) is 9.75 Å². The van der Waals surface area contributed by atoms with Crippen molar-refractivity contribution in [2.24, 2.45) is 0 Å². The summed E-state index contributed by atoms with van der Waals surface area (Å²) in [6.45, 7) is 7.66. The van der Waals surface area contributed by atoms with Gasteiger partial charge in [0.05, 0.1) is 13.5 Å². The first kappa shape index (κ1) is 16.4. The van der Waals surface area contributed by atoms with Gasteiger partial charge in [-0.2, -0.15) is 0 Å². The Labute approximate surface area is 130 Å². The molecule has 1 saturated heterocycles. The van der Waals surface area contributed by atoms with Crippen LogP contribution >= 0.6 is 11.3 Å². The number of hydrogen-bond acceptors (Lipinski definition) is 6. The maximum Gasteiger partial charge on any atom is 0.310 e. The molecule has 0 atom stereocenters. The van der Waals surface area contributed by atoms with E-state index in [4.69, 9.17) is 0 Å². The van der Waals surface area contributed by atoms with Crippen molar-refractivity contribution in [3.63, 3.8) is 0 Å². The van der Waals surface area contributed by atoms with Crippen LogP contribution < -0.4 is 5.32 Å². The molecule has 1 aromatic heterocycles. The van der Waals surface area contributed by atoms with Gasteiger partial charge in [0.2, 0.25) is 0 Å². The lowest BCUT2D eigenvalue weighted by Gasteiger charge is -2.32. The minimum Gasteiger partial charge on any atom is -0.469 e. The summed E-state index contributed by atoms with van der Waals surface area (Å²) in [5.41, 5.74) is 0. The van der Waals surface area contributed by atoms with Crippen molar-refractivity contribution in [3.05, 3.63) is 21.9 Å². The number of carbonyl (C=O) groups is 1. The Bertz CT molecular complexity index is 442. The van der Waals surface area contributed by atoms with Crippen LogP contribution in [0, 0.1) is 0 Å². The fourth-order valence-corrected chi connectivity index (χ4v) is 3.32. The molecule has 1 fully saturated rings. The highest BCUT2D eigenvalue weighted by Gasteiger charge is 2.12. The number of thiophene rings is 1. The van der Waals surface area contributed by atoms with Gasteiger partial charge < -0.3 is 15.0 Å². The smallest absolute Gasteiger partial charge is 0.310 e. The number of nitrogens with zero attached hydrogens (tertiary/aromatic N) is 2. The van der Waals surface area contributed by atoms with E-state index in [2.05, 4.69) is 33.0 Å². The summed E-state index contributed by atoms with van der Waals surface area (Å²) in [4.78, 5) is 18.4. The molecule has 1 aromatic rings. The molecule has 1 aliphatic rings. The van der Waals surface area contributed by atoms with Crippen LogP contribution in [0.5, 0.6) is 0 Å². The van der Waals surface area contributed by atoms with Crippen LogP contribution in [0.4, 0.5) is 0 Å². The molecule has 1 aliphatic heterocycles. The number of hydrogen-bond donors (Lipinski definition) is 1. The predicted molar refractivity (Wildman–Crippen MR) is 85.7 cm³/mol. The molecule has 0 aromatic carbocycles. The number of carbonyl (C=O) groups excluding carboxylic acids is 1. The fourth-order valence-electron chi connectivity index (χ4n) is 2.35. The molecule has 1 N–H and O–H groups in total. The van der Waals surface area contributed by atoms with Gasteiger partial charge in [0.25, 0.3) is 0 Å². The molecule has 5 nitrogen and oxygen atoms in total. The highest BCUT2D eigenvalue weighted by atomic mass is 32.1. The van der Waals surface area contributed by atoms with Gasteiger partial charge in [0, 0.05) is 55.6 Å². The molecule has 0 saturated carbocycles. The van der Waals surface area contributed by atoms with E-state index in [1.807, 2.05) is 6.07 Å². The molecular weight excluding hydrogens is 286 g/mol. The number of rotatable bonds is 7. The number of nitrogens with one attached hydrogen (secondary N) is 1. The van der Waals surface area contributed by atoms with E-state index in [9.17, 15) is 4.79 Å². The summed E-state index contributed by atoms with van der Waals surface area (Å²) in [6, 6.07) is 4.10. The molecule has 0 unspecified atom stereocenters. The van der Waals surface area contributed by atoms with Crippen molar-refractivity contribution >= 4 is 17.3 Å². The second-order valence-corrected chi connectivity index (χ2v) is 6.70. The van der Waals surface area contributed by atoms with Crippen LogP contribution in [-0.4, -0.2) is 69.2 Å². The molecule has 0 radical (unpaired) electrons. The maximum atomic E-state index is 11.2. The van der Waals surface area contributed by atoms with Crippen LogP contribution in [-0.2, 0) is 22.5 Å². The Morgan fingerprint density at radius 2 is 2.00 bits per heavy atom. The second-order valence-electron chi connectivity index (χ2n) is 5.44. The summed E-state index contributed by atoms with van der Waals surface area (Å²) in [7, 11) is 3.61. The quantitative estimate of drug-likeness (QED) is 0.596. The molecule has 0 aliphatic carbocycles. The summed E-state index contributed by atoms with van der Waals surface area (Å²) < 4.78 is 4.68. The third-order valence-corrected chi connectivity index (χ3v) is 4.85. The van der Waals surface area contributed by atoms with E-state index < -0.39 is 0 Å². The first-order chi connectivity index (χ1) is 10.2. The molecule has 0 bridgehead atoms. The first-order valence-electron chi connectivity index (χ1n) is 7.43. The molecule has 0 spiro atoms. The van der Waals surface area contributed by atoms with E-state index in [0.29, 0.717) is 6.42 Å². The van der Waals surface area contributed by atoms with E-state index >= 15 is 0 Å². The number of piperazine rings is 1. The van der Waals surface area contributed by atoms with Gasteiger partial charge in [-0.25, -0.2) is 0 Å². The molecule has 2 heterocycles. The Morgan fingerprint density at radius 3 is 2.71 bits per heavy atom. The Kier molecular flexibility index (Phi) is 6.63. The minimum atomic E-state index is -0.175. The largest absolute Gasteiger partial charge is 0.469 e. The lowest BCUT2D eigenvalue weighted by atomic mass is 10.3. The third-order valence-electron chi connectivity index (χ3n) is 3.76. The number of methoxy groups -OCH3 is 1. The van der Waals surface area contributed by atoms with Crippen molar-refractivity contribution in [2.75, 3.05) is 53.4 Å². The average Bonchev–Trinajstić information content (AvgIpc) is 2.93.